The number of esters is 1. The van der Waals surface area contributed by atoms with E-state index in [1.54, 1.807) is 12.1 Å². The van der Waals surface area contributed by atoms with Gasteiger partial charge in [0.15, 0.2) is 6.61 Å². The second-order valence-corrected chi connectivity index (χ2v) is 4.93. The van der Waals surface area contributed by atoms with E-state index in [2.05, 4.69) is 0 Å². The van der Waals surface area contributed by atoms with Crippen molar-refractivity contribution in [1.29, 1.82) is 5.26 Å². The van der Waals surface area contributed by atoms with E-state index < -0.39 is 18.4 Å². The van der Waals surface area contributed by atoms with Crippen LogP contribution >= 0.6 is 23.2 Å². The summed E-state index contributed by atoms with van der Waals surface area (Å²) in [4.78, 5) is 11.6. The zero-order valence-electron chi connectivity index (χ0n) is 11.0. The largest absolute Gasteiger partial charge is 0.480 e. The minimum absolute atomic E-state index is 0.0210. The molecule has 0 radical (unpaired) electrons. The molecule has 0 N–H and O–H groups in total. The lowest BCUT2D eigenvalue weighted by molar-refractivity contribution is -0.136. The van der Waals surface area contributed by atoms with Crippen LogP contribution in [-0.4, -0.2) is 12.6 Å². The molecule has 2 aromatic rings. The molecule has 0 heterocycles. The van der Waals surface area contributed by atoms with E-state index >= 15 is 0 Å². The number of hydrogen-bond acceptors (Lipinski definition) is 4. The quantitative estimate of drug-likeness (QED) is 0.624. The summed E-state index contributed by atoms with van der Waals surface area (Å²) in [6, 6.07) is 9.69. The van der Waals surface area contributed by atoms with Crippen molar-refractivity contribution in [2.75, 3.05) is 6.61 Å². The smallest absolute Gasteiger partial charge is 0.349 e. The second-order valence-electron chi connectivity index (χ2n) is 4.09. The maximum Gasteiger partial charge on any atom is 0.349 e. The standard InChI is InChI=1S/C15H8Cl2FNO3/c16-10-2-4-14(12(17)5-10)21-8-15(20)22-11-3-1-9(7-19)13(18)6-11/h1-6H,8H2. The molecule has 0 bridgehead atoms. The molecule has 0 aliphatic heterocycles. The molecule has 112 valence electrons. The molecular formula is C15H8Cl2FNO3. The van der Waals surface area contributed by atoms with Gasteiger partial charge in [0.2, 0.25) is 0 Å². The SMILES string of the molecule is N#Cc1ccc(OC(=O)COc2ccc(Cl)cc2Cl)cc1F. The number of carbonyl (C=O) groups is 1. The van der Waals surface area contributed by atoms with Gasteiger partial charge in [-0.1, -0.05) is 23.2 Å². The average molecular weight is 340 g/mol. The third-order valence-corrected chi connectivity index (χ3v) is 3.06. The predicted molar refractivity (Wildman–Crippen MR) is 78.7 cm³/mol. The van der Waals surface area contributed by atoms with E-state index in [0.29, 0.717) is 5.02 Å². The van der Waals surface area contributed by atoms with Crippen LogP contribution in [0.2, 0.25) is 10.0 Å². The molecule has 0 atom stereocenters. The zero-order valence-corrected chi connectivity index (χ0v) is 12.5. The number of hydrogen-bond donors (Lipinski definition) is 0. The van der Waals surface area contributed by atoms with Crippen LogP contribution in [0, 0.1) is 17.1 Å². The van der Waals surface area contributed by atoms with Gasteiger partial charge in [0.25, 0.3) is 0 Å². The van der Waals surface area contributed by atoms with E-state index in [1.165, 1.54) is 24.3 Å². The van der Waals surface area contributed by atoms with E-state index in [4.69, 9.17) is 37.9 Å². The first-order chi connectivity index (χ1) is 10.5. The molecule has 0 saturated carbocycles. The number of halogens is 3. The Hall–Kier alpha value is -2.29. The molecule has 2 rings (SSSR count). The number of benzene rings is 2. The van der Waals surface area contributed by atoms with Gasteiger partial charge in [-0.3, -0.25) is 0 Å². The van der Waals surface area contributed by atoms with Crippen molar-refractivity contribution in [3.8, 4) is 17.6 Å². The van der Waals surface area contributed by atoms with E-state index in [-0.39, 0.29) is 22.1 Å². The molecule has 0 aliphatic rings. The van der Waals surface area contributed by atoms with Crippen molar-refractivity contribution < 1.29 is 18.7 Å². The van der Waals surface area contributed by atoms with Crippen LogP contribution in [0.4, 0.5) is 4.39 Å². The van der Waals surface area contributed by atoms with Gasteiger partial charge in [-0.05, 0) is 30.3 Å². The molecule has 0 aliphatic carbocycles. The monoisotopic (exact) mass is 339 g/mol. The first-order valence-corrected chi connectivity index (χ1v) is 6.73. The summed E-state index contributed by atoms with van der Waals surface area (Å²) in [6.07, 6.45) is 0. The van der Waals surface area contributed by atoms with Crippen LogP contribution in [0.3, 0.4) is 0 Å². The maximum atomic E-state index is 13.4. The molecule has 0 amide bonds. The molecular weight excluding hydrogens is 332 g/mol. The second kappa shape index (κ2) is 7.12. The number of nitriles is 1. The van der Waals surface area contributed by atoms with E-state index in [1.807, 2.05) is 0 Å². The summed E-state index contributed by atoms with van der Waals surface area (Å²) in [5, 5.41) is 9.30. The van der Waals surface area contributed by atoms with Crippen LogP contribution in [0.25, 0.3) is 0 Å². The van der Waals surface area contributed by atoms with Gasteiger partial charge in [0.05, 0.1) is 10.6 Å². The topological polar surface area (TPSA) is 59.3 Å². The fourth-order valence-electron chi connectivity index (χ4n) is 1.54. The number of rotatable bonds is 4. The molecule has 0 aromatic heterocycles. The van der Waals surface area contributed by atoms with Gasteiger partial charge >= 0.3 is 5.97 Å². The van der Waals surface area contributed by atoms with Crippen LogP contribution in [0.5, 0.6) is 11.5 Å². The molecule has 0 unspecified atom stereocenters. The lowest BCUT2D eigenvalue weighted by atomic mass is 10.2. The zero-order chi connectivity index (χ0) is 16.1. The fourth-order valence-corrected chi connectivity index (χ4v) is 2.00. The Kier molecular flexibility index (Phi) is 5.21. The van der Waals surface area contributed by atoms with Crippen LogP contribution in [0.1, 0.15) is 5.56 Å². The van der Waals surface area contributed by atoms with Gasteiger partial charge in [-0.2, -0.15) is 5.26 Å². The molecule has 2 aromatic carbocycles. The minimum atomic E-state index is -0.769. The number of nitrogens with zero attached hydrogens (tertiary/aromatic N) is 1. The van der Waals surface area contributed by atoms with Crippen molar-refractivity contribution >= 4 is 29.2 Å². The highest BCUT2D eigenvalue weighted by atomic mass is 35.5. The first-order valence-electron chi connectivity index (χ1n) is 5.98. The van der Waals surface area contributed by atoms with Crippen molar-refractivity contribution in [2.45, 2.75) is 0 Å². The Balaban J connectivity index is 1.96. The van der Waals surface area contributed by atoms with Gasteiger partial charge < -0.3 is 9.47 Å². The normalized spacial score (nSPS) is 9.91. The van der Waals surface area contributed by atoms with Crippen molar-refractivity contribution in [3.63, 3.8) is 0 Å². The summed E-state index contributed by atoms with van der Waals surface area (Å²) >= 11 is 11.6. The Morgan fingerprint density at radius 1 is 1.23 bits per heavy atom. The summed E-state index contributed by atoms with van der Waals surface area (Å²) in [6.45, 7) is -0.414. The van der Waals surface area contributed by atoms with Crippen LogP contribution in [-0.2, 0) is 4.79 Å². The van der Waals surface area contributed by atoms with Crippen molar-refractivity contribution in [3.05, 3.63) is 57.8 Å². The van der Waals surface area contributed by atoms with E-state index in [9.17, 15) is 9.18 Å². The Bertz CT molecular complexity index is 759. The first kappa shape index (κ1) is 16.1. The lowest BCUT2D eigenvalue weighted by Gasteiger charge is -2.08. The highest BCUT2D eigenvalue weighted by Gasteiger charge is 2.10. The van der Waals surface area contributed by atoms with E-state index in [0.717, 1.165) is 6.07 Å². The summed E-state index contributed by atoms with van der Waals surface area (Å²) in [5.41, 5.74) is -0.135. The minimum Gasteiger partial charge on any atom is -0.480 e. The fraction of sp³-hybridized carbons (Fsp3) is 0.0667. The van der Waals surface area contributed by atoms with Gasteiger partial charge in [-0.15, -0.1) is 0 Å². The lowest BCUT2D eigenvalue weighted by Crippen LogP contribution is -2.17. The number of ether oxygens (including phenoxy) is 2. The number of carbonyl (C=O) groups excluding carboxylic acids is 1. The molecule has 0 saturated heterocycles. The molecule has 7 heteroatoms. The van der Waals surface area contributed by atoms with Gasteiger partial charge in [0.1, 0.15) is 23.4 Å². The van der Waals surface area contributed by atoms with Crippen LogP contribution < -0.4 is 9.47 Å². The highest BCUT2D eigenvalue weighted by molar-refractivity contribution is 6.35. The van der Waals surface area contributed by atoms with Gasteiger partial charge in [0, 0.05) is 11.1 Å². The molecule has 0 fully saturated rings. The average Bonchev–Trinajstić information content (AvgIpc) is 2.46. The summed E-state index contributed by atoms with van der Waals surface area (Å²) in [5.74, 6) is -1.26. The molecule has 4 nitrogen and oxygen atoms in total. The third-order valence-electron chi connectivity index (χ3n) is 2.53. The predicted octanol–water partition coefficient (Wildman–Crippen LogP) is 3.99. The molecule has 0 spiro atoms. The van der Waals surface area contributed by atoms with Crippen molar-refractivity contribution in [2.24, 2.45) is 0 Å². The summed E-state index contributed by atoms with van der Waals surface area (Å²) in [7, 11) is 0. The van der Waals surface area contributed by atoms with Gasteiger partial charge in [-0.25, -0.2) is 9.18 Å². The maximum absolute atomic E-state index is 13.4. The highest BCUT2D eigenvalue weighted by Crippen LogP contribution is 2.27. The Morgan fingerprint density at radius 3 is 2.64 bits per heavy atom. The third kappa shape index (κ3) is 4.10. The Morgan fingerprint density at radius 2 is 2.00 bits per heavy atom. The molecule has 22 heavy (non-hydrogen) atoms. The van der Waals surface area contributed by atoms with Crippen molar-refractivity contribution in [1.82, 2.24) is 0 Å². The summed E-state index contributed by atoms with van der Waals surface area (Å²) < 4.78 is 23.5. The Labute approximate surface area is 135 Å². The van der Waals surface area contributed by atoms with Crippen LogP contribution in [0.15, 0.2) is 36.4 Å².